The van der Waals surface area contributed by atoms with Gasteiger partial charge in [0.05, 0.1) is 5.69 Å². The minimum absolute atomic E-state index is 0.528. The van der Waals surface area contributed by atoms with E-state index in [-0.39, 0.29) is 0 Å². The molecule has 0 amide bonds. The summed E-state index contributed by atoms with van der Waals surface area (Å²) in [6.07, 6.45) is 5.12. The normalized spacial score (nSPS) is 17.8. The van der Waals surface area contributed by atoms with Crippen molar-refractivity contribution in [3.63, 3.8) is 0 Å². The molecular weight excluding hydrogens is 232 g/mol. The molecule has 0 fully saturated rings. The smallest absolute Gasteiger partial charge is 0.0682 e. The highest BCUT2D eigenvalue weighted by Gasteiger charge is 2.18. The lowest BCUT2D eigenvalue weighted by Gasteiger charge is -2.22. The summed E-state index contributed by atoms with van der Waals surface area (Å²) >= 11 is 0. The van der Waals surface area contributed by atoms with E-state index in [1.165, 1.54) is 16.7 Å². The second-order valence-electron chi connectivity index (χ2n) is 5.33. The van der Waals surface area contributed by atoms with E-state index in [4.69, 9.17) is 5.73 Å². The van der Waals surface area contributed by atoms with Crippen LogP contribution in [-0.2, 0) is 0 Å². The number of hydrogen-bond acceptors (Lipinski definition) is 2. The Morgan fingerprint density at radius 3 is 2.84 bits per heavy atom. The molecule has 0 saturated heterocycles. The second kappa shape index (κ2) is 4.54. The van der Waals surface area contributed by atoms with E-state index < -0.39 is 0 Å². The number of anilines is 1. The van der Waals surface area contributed by atoms with Crippen molar-refractivity contribution in [2.75, 3.05) is 5.73 Å². The Morgan fingerprint density at radius 1 is 1.26 bits per heavy atom. The van der Waals surface area contributed by atoms with Crippen LogP contribution in [0.1, 0.15) is 41.6 Å². The standard InChI is InChI=1S/C17H18N2/c1-11-7-14(8-13-5-3-4-6-15(11)13)17-9-16(18)12(2)10-19-17/h3-6,8-11H,7H2,1-2H3,(H2,18,19). The number of aromatic nitrogens is 1. The summed E-state index contributed by atoms with van der Waals surface area (Å²) in [6.45, 7) is 4.25. The summed E-state index contributed by atoms with van der Waals surface area (Å²) in [5.74, 6) is 0.528. The van der Waals surface area contributed by atoms with Gasteiger partial charge in [-0.05, 0) is 53.7 Å². The highest BCUT2D eigenvalue weighted by molar-refractivity contribution is 5.84. The Balaban J connectivity index is 2.07. The van der Waals surface area contributed by atoms with Gasteiger partial charge in [0.2, 0.25) is 0 Å². The lowest BCUT2D eigenvalue weighted by atomic mass is 9.83. The van der Waals surface area contributed by atoms with Gasteiger partial charge < -0.3 is 5.73 Å². The molecule has 1 aromatic heterocycles. The summed E-state index contributed by atoms with van der Waals surface area (Å²) in [6, 6.07) is 10.6. The molecule has 3 rings (SSSR count). The van der Waals surface area contributed by atoms with Crippen LogP contribution in [-0.4, -0.2) is 4.98 Å². The molecule has 1 aliphatic carbocycles. The van der Waals surface area contributed by atoms with Crippen LogP contribution in [0.15, 0.2) is 36.5 Å². The van der Waals surface area contributed by atoms with E-state index >= 15 is 0 Å². The Hall–Kier alpha value is -2.09. The van der Waals surface area contributed by atoms with E-state index in [1.54, 1.807) is 0 Å². The molecule has 1 unspecified atom stereocenters. The predicted molar refractivity (Wildman–Crippen MR) is 80.7 cm³/mol. The van der Waals surface area contributed by atoms with E-state index in [0.717, 1.165) is 23.4 Å². The molecule has 19 heavy (non-hydrogen) atoms. The van der Waals surface area contributed by atoms with Crippen molar-refractivity contribution >= 4 is 17.3 Å². The van der Waals surface area contributed by atoms with Gasteiger partial charge in [-0.1, -0.05) is 31.2 Å². The van der Waals surface area contributed by atoms with Crippen LogP contribution in [0.5, 0.6) is 0 Å². The summed E-state index contributed by atoms with van der Waals surface area (Å²) in [5, 5.41) is 0. The first kappa shape index (κ1) is 12.0. The van der Waals surface area contributed by atoms with E-state index in [1.807, 2.05) is 19.2 Å². The zero-order chi connectivity index (χ0) is 13.4. The molecule has 0 spiro atoms. The maximum Gasteiger partial charge on any atom is 0.0682 e. The zero-order valence-corrected chi connectivity index (χ0v) is 11.4. The number of hydrogen-bond donors (Lipinski definition) is 1. The van der Waals surface area contributed by atoms with Crippen LogP contribution in [0.25, 0.3) is 11.6 Å². The summed E-state index contributed by atoms with van der Waals surface area (Å²) in [7, 11) is 0. The molecule has 2 heteroatoms. The number of fused-ring (bicyclic) bond motifs is 1. The third kappa shape index (κ3) is 2.14. The third-order valence-corrected chi connectivity index (χ3v) is 3.86. The van der Waals surface area contributed by atoms with Crippen molar-refractivity contribution in [3.05, 3.63) is 58.9 Å². The highest BCUT2D eigenvalue weighted by Crippen LogP contribution is 2.37. The minimum atomic E-state index is 0.528. The van der Waals surface area contributed by atoms with Crippen LogP contribution in [0.2, 0.25) is 0 Å². The van der Waals surface area contributed by atoms with Gasteiger partial charge in [-0.3, -0.25) is 4.98 Å². The molecule has 2 aromatic rings. The van der Waals surface area contributed by atoms with E-state index in [0.29, 0.717) is 5.92 Å². The minimum Gasteiger partial charge on any atom is -0.398 e. The van der Waals surface area contributed by atoms with Crippen molar-refractivity contribution in [1.29, 1.82) is 0 Å². The summed E-state index contributed by atoms with van der Waals surface area (Å²) in [5.41, 5.74) is 12.8. The van der Waals surface area contributed by atoms with Crippen molar-refractivity contribution in [2.24, 2.45) is 0 Å². The maximum atomic E-state index is 5.99. The molecule has 1 aliphatic rings. The van der Waals surface area contributed by atoms with Gasteiger partial charge in [-0.25, -0.2) is 0 Å². The fourth-order valence-corrected chi connectivity index (χ4v) is 2.67. The van der Waals surface area contributed by atoms with Crippen molar-refractivity contribution in [3.8, 4) is 0 Å². The number of benzene rings is 1. The van der Waals surface area contributed by atoms with Gasteiger partial charge in [-0.2, -0.15) is 0 Å². The molecule has 1 heterocycles. The van der Waals surface area contributed by atoms with Gasteiger partial charge in [-0.15, -0.1) is 0 Å². The first-order valence-electron chi connectivity index (χ1n) is 6.67. The highest BCUT2D eigenvalue weighted by atomic mass is 14.7. The van der Waals surface area contributed by atoms with Crippen LogP contribution in [0.4, 0.5) is 5.69 Å². The van der Waals surface area contributed by atoms with Crippen molar-refractivity contribution in [2.45, 2.75) is 26.2 Å². The molecule has 1 atom stereocenters. The Bertz CT molecular complexity index is 656. The van der Waals surface area contributed by atoms with Crippen LogP contribution >= 0.6 is 0 Å². The average Bonchev–Trinajstić information content (AvgIpc) is 2.42. The number of allylic oxidation sites excluding steroid dienone is 1. The van der Waals surface area contributed by atoms with Gasteiger partial charge in [0, 0.05) is 11.9 Å². The molecule has 0 radical (unpaired) electrons. The number of pyridine rings is 1. The van der Waals surface area contributed by atoms with Gasteiger partial charge in [0.15, 0.2) is 0 Å². The van der Waals surface area contributed by atoms with Gasteiger partial charge in [0.25, 0.3) is 0 Å². The zero-order valence-electron chi connectivity index (χ0n) is 11.4. The molecular formula is C17H18N2. The molecule has 1 aromatic carbocycles. The molecule has 0 aliphatic heterocycles. The van der Waals surface area contributed by atoms with E-state index in [2.05, 4.69) is 42.2 Å². The maximum absolute atomic E-state index is 5.99. The lowest BCUT2D eigenvalue weighted by molar-refractivity contribution is 0.780. The first-order valence-corrected chi connectivity index (χ1v) is 6.67. The fraction of sp³-hybridized carbons (Fsp3) is 0.235. The van der Waals surface area contributed by atoms with E-state index in [9.17, 15) is 0 Å². The number of rotatable bonds is 1. The molecule has 0 bridgehead atoms. The Labute approximate surface area is 114 Å². The lowest BCUT2D eigenvalue weighted by Crippen LogP contribution is -2.05. The monoisotopic (exact) mass is 250 g/mol. The van der Waals surface area contributed by atoms with Crippen LogP contribution in [0.3, 0.4) is 0 Å². The molecule has 2 N–H and O–H groups in total. The average molecular weight is 250 g/mol. The third-order valence-electron chi connectivity index (χ3n) is 3.86. The van der Waals surface area contributed by atoms with Gasteiger partial charge in [0.1, 0.15) is 0 Å². The quantitative estimate of drug-likeness (QED) is 0.830. The predicted octanol–water partition coefficient (Wildman–Crippen LogP) is 4.02. The topological polar surface area (TPSA) is 38.9 Å². The Kier molecular flexibility index (Phi) is 2.86. The van der Waals surface area contributed by atoms with Crippen LogP contribution in [0, 0.1) is 6.92 Å². The van der Waals surface area contributed by atoms with Gasteiger partial charge >= 0.3 is 0 Å². The largest absolute Gasteiger partial charge is 0.398 e. The number of nitrogen functional groups attached to an aromatic ring is 1. The summed E-state index contributed by atoms with van der Waals surface area (Å²) < 4.78 is 0. The SMILES string of the molecule is Cc1cnc(C2=Cc3ccccc3C(C)C2)cc1N. The number of nitrogens with two attached hydrogens (primary N) is 1. The number of nitrogens with zero attached hydrogens (tertiary/aromatic N) is 1. The van der Waals surface area contributed by atoms with Crippen molar-refractivity contribution in [1.82, 2.24) is 4.98 Å². The van der Waals surface area contributed by atoms with Crippen molar-refractivity contribution < 1.29 is 0 Å². The second-order valence-corrected chi connectivity index (χ2v) is 5.33. The molecule has 0 saturated carbocycles. The first-order chi connectivity index (χ1) is 9.15. The fourth-order valence-electron chi connectivity index (χ4n) is 2.67. The summed E-state index contributed by atoms with van der Waals surface area (Å²) in [4.78, 5) is 4.52. The Morgan fingerprint density at radius 2 is 2.05 bits per heavy atom. The molecule has 2 nitrogen and oxygen atoms in total. The number of aryl methyl sites for hydroxylation is 1. The van der Waals surface area contributed by atoms with Crippen LogP contribution < -0.4 is 5.73 Å². The molecule has 96 valence electrons.